The van der Waals surface area contributed by atoms with Gasteiger partial charge in [0.15, 0.2) is 0 Å². The summed E-state index contributed by atoms with van der Waals surface area (Å²) in [5, 5.41) is 8.59. The van der Waals surface area contributed by atoms with Gasteiger partial charge in [0, 0.05) is 18.9 Å². The number of aromatic nitrogens is 3. The fraction of sp³-hybridized carbons (Fsp3) is 0.818. The van der Waals surface area contributed by atoms with E-state index in [1.54, 1.807) is 0 Å². The number of nitrogens with two attached hydrogens (primary N) is 1. The van der Waals surface area contributed by atoms with E-state index in [1.807, 2.05) is 0 Å². The van der Waals surface area contributed by atoms with Crippen LogP contribution in [-0.4, -0.2) is 21.3 Å². The second-order valence-corrected chi connectivity index (χ2v) is 4.53. The van der Waals surface area contributed by atoms with Crippen molar-refractivity contribution in [2.45, 2.75) is 45.6 Å². The lowest BCUT2D eigenvalue weighted by Gasteiger charge is -2.23. The quantitative estimate of drug-likeness (QED) is 0.815. The van der Waals surface area contributed by atoms with Gasteiger partial charge in [-0.3, -0.25) is 0 Å². The van der Waals surface area contributed by atoms with Gasteiger partial charge in [-0.1, -0.05) is 13.8 Å². The van der Waals surface area contributed by atoms with E-state index in [-0.39, 0.29) is 0 Å². The molecule has 0 saturated heterocycles. The maximum Gasteiger partial charge on any atom is 0.135 e. The molecule has 0 aromatic carbocycles. The highest BCUT2D eigenvalue weighted by atomic mass is 15.3. The Kier molecular flexibility index (Phi) is 3.05. The summed E-state index contributed by atoms with van der Waals surface area (Å²) in [7, 11) is 0. The van der Waals surface area contributed by atoms with Crippen LogP contribution in [0.5, 0.6) is 0 Å². The van der Waals surface area contributed by atoms with Gasteiger partial charge >= 0.3 is 0 Å². The lowest BCUT2D eigenvalue weighted by Crippen LogP contribution is -2.26. The molecule has 1 aliphatic rings. The molecule has 1 aliphatic heterocycles. The van der Waals surface area contributed by atoms with Crippen LogP contribution in [0.15, 0.2) is 0 Å². The number of fused-ring (bicyclic) bond motifs is 1. The maximum atomic E-state index is 5.70. The van der Waals surface area contributed by atoms with Crippen molar-refractivity contribution in [1.82, 2.24) is 14.8 Å². The Morgan fingerprint density at radius 1 is 1.53 bits per heavy atom. The van der Waals surface area contributed by atoms with E-state index in [2.05, 4.69) is 28.6 Å². The molecule has 84 valence electrons. The lowest BCUT2D eigenvalue weighted by atomic mass is 9.97. The van der Waals surface area contributed by atoms with Crippen molar-refractivity contribution in [2.75, 3.05) is 6.54 Å². The zero-order valence-electron chi connectivity index (χ0n) is 9.61. The van der Waals surface area contributed by atoms with Crippen molar-refractivity contribution in [3.63, 3.8) is 0 Å². The Hall–Kier alpha value is -0.900. The van der Waals surface area contributed by atoms with E-state index >= 15 is 0 Å². The summed E-state index contributed by atoms with van der Waals surface area (Å²) in [5.74, 6) is 3.40. The van der Waals surface area contributed by atoms with Gasteiger partial charge in [-0.05, 0) is 25.3 Å². The summed E-state index contributed by atoms with van der Waals surface area (Å²) in [6.45, 7) is 6.22. The third kappa shape index (κ3) is 1.91. The second kappa shape index (κ2) is 4.31. The highest BCUT2D eigenvalue weighted by Crippen LogP contribution is 2.24. The molecule has 0 bridgehead atoms. The SMILES string of the molecule is CCC(C)c1nnc2n1CCC(CN)C2. The van der Waals surface area contributed by atoms with Gasteiger partial charge in [-0.25, -0.2) is 0 Å². The summed E-state index contributed by atoms with van der Waals surface area (Å²) in [5.41, 5.74) is 5.70. The maximum absolute atomic E-state index is 5.70. The highest BCUT2D eigenvalue weighted by Gasteiger charge is 2.23. The van der Waals surface area contributed by atoms with Crippen LogP contribution >= 0.6 is 0 Å². The molecular formula is C11H20N4. The topological polar surface area (TPSA) is 56.7 Å². The second-order valence-electron chi connectivity index (χ2n) is 4.53. The normalized spacial score (nSPS) is 22.5. The van der Waals surface area contributed by atoms with Gasteiger partial charge in [-0.15, -0.1) is 10.2 Å². The van der Waals surface area contributed by atoms with Crippen molar-refractivity contribution in [1.29, 1.82) is 0 Å². The predicted molar refractivity (Wildman–Crippen MR) is 59.6 cm³/mol. The molecule has 4 heteroatoms. The lowest BCUT2D eigenvalue weighted by molar-refractivity contribution is 0.380. The highest BCUT2D eigenvalue weighted by molar-refractivity contribution is 5.04. The average Bonchev–Trinajstić information content (AvgIpc) is 2.70. The van der Waals surface area contributed by atoms with Gasteiger partial charge in [-0.2, -0.15) is 0 Å². The van der Waals surface area contributed by atoms with Crippen molar-refractivity contribution in [3.8, 4) is 0 Å². The smallest absolute Gasteiger partial charge is 0.135 e. The molecule has 2 atom stereocenters. The van der Waals surface area contributed by atoms with E-state index in [4.69, 9.17) is 5.73 Å². The molecule has 0 amide bonds. The van der Waals surface area contributed by atoms with Crippen LogP contribution in [0.4, 0.5) is 0 Å². The molecule has 0 fully saturated rings. The van der Waals surface area contributed by atoms with E-state index in [0.717, 1.165) is 37.6 Å². The van der Waals surface area contributed by atoms with E-state index in [0.29, 0.717) is 11.8 Å². The largest absolute Gasteiger partial charge is 0.330 e. The molecule has 2 rings (SSSR count). The zero-order valence-corrected chi connectivity index (χ0v) is 9.61. The van der Waals surface area contributed by atoms with Crippen molar-refractivity contribution in [3.05, 3.63) is 11.6 Å². The van der Waals surface area contributed by atoms with Crippen molar-refractivity contribution < 1.29 is 0 Å². The summed E-state index contributed by atoms with van der Waals surface area (Å²) in [4.78, 5) is 0. The fourth-order valence-corrected chi connectivity index (χ4v) is 2.16. The van der Waals surface area contributed by atoms with E-state index in [9.17, 15) is 0 Å². The monoisotopic (exact) mass is 208 g/mol. The molecule has 0 spiro atoms. The third-order valence-corrected chi connectivity index (χ3v) is 3.47. The summed E-state index contributed by atoms with van der Waals surface area (Å²) in [6.07, 6.45) is 3.29. The minimum atomic E-state index is 0.515. The van der Waals surface area contributed by atoms with Crippen molar-refractivity contribution >= 4 is 0 Å². The standard InChI is InChI=1S/C11H20N4/c1-3-8(2)11-14-13-10-6-9(7-12)4-5-15(10)11/h8-9H,3-7,12H2,1-2H3. The molecule has 0 radical (unpaired) electrons. The van der Waals surface area contributed by atoms with Crippen LogP contribution in [0.25, 0.3) is 0 Å². The van der Waals surface area contributed by atoms with Gasteiger partial charge in [0.2, 0.25) is 0 Å². The van der Waals surface area contributed by atoms with Gasteiger partial charge in [0.25, 0.3) is 0 Å². The molecule has 2 unspecified atom stereocenters. The summed E-state index contributed by atoms with van der Waals surface area (Å²) in [6, 6.07) is 0. The third-order valence-electron chi connectivity index (χ3n) is 3.47. The van der Waals surface area contributed by atoms with Gasteiger partial charge in [0.1, 0.15) is 11.6 Å². The first-order valence-electron chi connectivity index (χ1n) is 5.88. The first kappa shape index (κ1) is 10.6. The van der Waals surface area contributed by atoms with Crippen LogP contribution in [0, 0.1) is 5.92 Å². The Labute approximate surface area is 90.9 Å². The average molecular weight is 208 g/mol. The van der Waals surface area contributed by atoms with E-state index < -0.39 is 0 Å². The fourth-order valence-electron chi connectivity index (χ4n) is 2.16. The molecule has 4 nitrogen and oxygen atoms in total. The number of nitrogens with zero attached hydrogens (tertiary/aromatic N) is 3. The molecule has 1 aromatic heterocycles. The Bertz CT molecular complexity index is 331. The van der Waals surface area contributed by atoms with Gasteiger partial charge in [0.05, 0.1) is 0 Å². The number of rotatable bonds is 3. The van der Waals surface area contributed by atoms with Crippen LogP contribution in [0.3, 0.4) is 0 Å². The van der Waals surface area contributed by atoms with Crippen LogP contribution < -0.4 is 5.73 Å². The zero-order chi connectivity index (χ0) is 10.8. The van der Waals surface area contributed by atoms with Crippen LogP contribution in [-0.2, 0) is 13.0 Å². The number of hydrogen-bond acceptors (Lipinski definition) is 3. The Morgan fingerprint density at radius 2 is 2.33 bits per heavy atom. The summed E-state index contributed by atoms with van der Waals surface area (Å²) < 4.78 is 2.29. The molecule has 2 heterocycles. The molecular weight excluding hydrogens is 188 g/mol. The minimum Gasteiger partial charge on any atom is -0.330 e. The molecule has 2 N–H and O–H groups in total. The summed E-state index contributed by atoms with van der Waals surface area (Å²) >= 11 is 0. The molecule has 1 aromatic rings. The molecule has 15 heavy (non-hydrogen) atoms. The first-order chi connectivity index (χ1) is 7.26. The van der Waals surface area contributed by atoms with Crippen molar-refractivity contribution in [2.24, 2.45) is 11.7 Å². The predicted octanol–water partition coefficient (Wildman–Crippen LogP) is 1.31. The minimum absolute atomic E-state index is 0.515. The van der Waals surface area contributed by atoms with Crippen LogP contribution in [0.2, 0.25) is 0 Å². The molecule has 0 saturated carbocycles. The molecule has 0 aliphatic carbocycles. The van der Waals surface area contributed by atoms with Gasteiger partial charge < -0.3 is 10.3 Å². The van der Waals surface area contributed by atoms with Crippen LogP contribution in [0.1, 0.15) is 44.3 Å². The first-order valence-corrected chi connectivity index (χ1v) is 5.88. The Balaban J connectivity index is 2.22. The van der Waals surface area contributed by atoms with E-state index in [1.165, 1.54) is 6.42 Å². The Morgan fingerprint density at radius 3 is 3.00 bits per heavy atom. The number of hydrogen-bond donors (Lipinski definition) is 1.